The molecule has 1 aliphatic rings. The van der Waals surface area contributed by atoms with E-state index in [1.807, 2.05) is 6.92 Å². The van der Waals surface area contributed by atoms with Crippen molar-refractivity contribution in [3.8, 4) is 0 Å². The Hall–Kier alpha value is -0.810. The summed E-state index contributed by atoms with van der Waals surface area (Å²) in [6.07, 6.45) is 13.1. The Morgan fingerprint density at radius 3 is 2.56 bits per heavy atom. The van der Waals surface area contributed by atoms with Crippen LogP contribution in [0.4, 0.5) is 0 Å². The molecule has 0 aromatic heterocycles. The van der Waals surface area contributed by atoms with Gasteiger partial charge in [-0.1, -0.05) is 51.8 Å². The van der Waals surface area contributed by atoms with Crippen LogP contribution < -0.4 is 0 Å². The molecule has 1 aliphatic carbocycles. The minimum absolute atomic E-state index is 0.722. The molecule has 16 heavy (non-hydrogen) atoms. The molecule has 1 nitrogen and oxygen atoms in total. The molecule has 0 heterocycles. The highest BCUT2D eigenvalue weighted by Crippen LogP contribution is 2.34. The van der Waals surface area contributed by atoms with Gasteiger partial charge in [-0.05, 0) is 25.7 Å². The third-order valence-electron chi connectivity index (χ3n) is 2.98. The first-order valence-electron chi connectivity index (χ1n) is 5.83. The fourth-order valence-electron chi connectivity index (χ4n) is 1.77. The van der Waals surface area contributed by atoms with E-state index in [4.69, 9.17) is 0 Å². The number of allylic oxidation sites excluding steroid dienone is 3. The highest BCUT2D eigenvalue weighted by Gasteiger charge is 2.23. The number of hydrogen-bond donors (Lipinski definition) is 0. The summed E-state index contributed by atoms with van der Waals surface area (Å²) in [7, 11) is 1.16. The quantitative estimate of drug-likeness (QED) is 0.475. The molecule has 0 atom stereocenters. The summed E-state index contributed by atoms with van der Waals surface area (Å²) in [5.41, 5.74) is 2.40. The summed E-state index contributed by atoms with van der Waals surface area (Å²) in [6, 6.07) is 0. The monoisotopic (exact) mass is 235 g/mol. The minimum atomic E-state index is 0.722. The highest BCUT2D eigenvalue weighted by atomic mass is 31.1. The van der Waals surface area contributed by atoms with E-state index in [0.717, 1.165) is 32.5 Å². The maximum absolute atomic E-state index is 4.23. The Labute approximate surface area is 101 Å². The summed E-state index contributed by atoms with van der Waals surface area (Å²) in [5.74, 6) is 0.722. The van der Waals surface area contributed by atoms with Gasteiger partial charge < -0.3 is 4.90 Å². The van der Waals surface area contributed by atoms with E-state index in [0.29, 0.717) is 0 Å². The molecular formula is C14H22NP. The Morgan fingerprint density at radius 2 is 2.12 bits per heavy atom. The minimum Gasteiger partial charge on any atom is -0.364 e. The number of hydrogen-bond acceptors (Lipinski definition) is 1. The Balaban J connectivity index is 2.48. The second-order valence-corrected chi connectivity index (χ2v) is 5.19. The average Bonchev–Trinajstić information content (AvgIpc) is 2.13. The lowest BCUT2D eigenvalue weighted by Crippen LogP contribution is -2.29. The maximum Gasteiger partial charge on any atom is 0.0593 e. The van der Waals surface area contributed by atoms with E-state index in [9.17, 15) is 0 Å². The fraction of sp³-hybridized carbons (Fsp3) is 0.500. The van der Waals surface area contributed by atoms with E-state index in [2.05, 4.69) is 36.5 Å². The zero-order valence-corrected chi connectivity index (χ0v) is 11.2. The standard InChI is InChI=1S/C14H22NP/c1-12(2)7-6-10-15(11-16-4)13(3)14-8-5-9-14/h6-7,14H,1,3-5,8-11H2,2H3/b7-6-. The van der Waals surface area contributed by atoms with Gasteiger partial charge in [0.25, 0.3) is 0 Å². The SMILES string of the molecule is C=PCN(C/C=C\C(=C)C)C(=C)C1CCC1. The lowest BCUT2D eigenvalue weighted by Gasteiger charge is -2.34. The van der Waals surface area contributed by atoms with Crippen LogP contribution in [0.1, 0.15) is 26.2 Å². The van der Waals surface area contributed by atoms with Gasteiger partial charge in [-0.3, -0.25) is 0 Å². The molecule has 0 aromatic carbocycles. The lowest BCUT2D eigenvalue weighted by atomic mass is 9.83. The first-order chi connectivity index (χ1) is 7.65. The summed E-state index contributed by atoms with van der Waals surface area (Å²) in [5, 5.41) is 0. The molecule has 2 heteroatoms. The summed E-state index contributed by atoms with van der Waals surface area (Å²) in [6.45, 7) is 11.0. The topological polar surface area (TPSA) is 3.24 Å². The molecule has 0 unspecified atom stereocenters. The zero-order chi connectivity index (χ0) is 12.0. The fourth-order valence-corrected chi connectivity index (χ4v) is 2.31. The second-order valence-electron chi connectivity index (χ2n) is 4.46. The van der Waals surface area contributed by atoms with Crippen molar-refractivity contribution in [2.45, 2.75) is 26.2 Å². The van der Waals surface area contributed by atoms with Crippen LogP contribution in [0.2, 0.25) is 0 Å². The van der Waals surface area contributed by atoms with Crippen molar-refractivity contribution in [1.82, 2.24) is 4.90 Å². The zero-order valence-electron chi connectivity index (χ0n) is 10.3. The van der Waals surface area contributed by atoms with Gasteiger partial charge in [0.05, 0.1) is 6.29 Å². The van der Waals surface area contributed by atoms with Crippen LogP contribution in [0.5, 0.6) is 0 Å². The number of nitrogens with zero attached hydrogens (tertiary/aromatic N) is 1. The van der Waals surface area contributed by atoms with Gasteiger partial charge in [0, 0.05) is 12.2 Å². The summed E-state index contributed by atoms with van der Waals surface area (Å²) < 4.78 is 0. The Morgan fingerprint density at radius 1 is 1.44 bits per heavy atom. The maximum atomic E-state index is 4.23. The molecular weight excluding hydrogens is 213 g/mol. The highest BCUT2D eigenvalue weighted by molar-refractivity contribution is 7.36. The van der Waals surface area contributed by atoms with Gasteiger partial charge in [-0.2, -0.15) is 0 Å². The lowest BCUT2D eigenvalue weighted by molar-refractivity contribution is 0.282. The first-order valence-corrected chi connectivity index (χ1v) is 7.10. The van der Waals surface area contributed by atoms with E-state index < -0.39 is 0 Å². The van der Waals surface area contributed by atoms with E-state index in [-0.39, 0.29) is 0 Å². The van der Waals surface area contributed by atoms with Crippen molar-refractivity contribution in [3.05, 3.63) is 36.6 Å². The third kappa shape index (κ3) is 3.98. The van der Waals surface area contributed by atoms with Crippen LogP contribution in [0.15, 0.2) is 36.6 Å². The Bertz CT molecular complexity index is 300. The molecule has 0 aromatic rings. The van der Waals surface area contributed by atoms with E-state index >= 15 is 0 Å². The first kappa shape index (κ1) is 13.3. The smallest absolute Gasteiger partial charge is 0.0593 e. The van der Waals surface area contributed by atoms with Crippen molar-refractivity contribution in [2.24, 2.45) is 5.92 Å². The van der Waals surface area contributed by atoms with E-state index in [1.165, 1.54) is 25.0 Å². The van der Waals surface area contributed by atoms with Crippen molar-refractivity contribution in [3.63, 3.8) is 0 Å². The molecule has 1 saturated carbocycles. The summed E-state index contributed by atoms with van der Waals surface area (Å²) >= 11 is 0. The van der Waals surface area contributed by atoms with Crippen LogP contribution in [-0.4, -0.2) is 24.0 Å². The molecule has 1 fully saturated rings. The van der Waals surface area contributed by atoms with Crippen LogP contribution in [0, 0.1) is 5.92 Å². The van der Waals surface area contributed by atoms with Crippen LogP contribution in [0.3, 0.4) is 0 Å². The van der Waals surface area contributed by atoms with E-state index in [1.54, 1.807) is 0 Å². The van der Waals surface area contributed by atoms with Crippen molar-refractivity contribution in [1.29, 1.82) is 0 Å². The number of rotatable bonds is 7. The van der Waals surface area contributed by atoms with Crippen LogP contribution in [-0.2, 0) is 0 Å². The van der Waals surface area contributed by atoms with Crippen LogP contribution >= 0.6 is 8.20 Å². The largest absolute Gasteiger partial charge is 0.364 e. The molecule has 0 N–H and O–H groups in total. The van der Waals surface area contributed by atoms with Gasteiger partial charge >= 0.3 is 0 Å². The molecule has 0 radical (unpaired) electrons. The molecule has 0 aliphatic heterocycles. The normalized spacial score (nSPS) is 16.3. The predicted octanol–water partition coefficient (Wildman–Crippen LogP) is 4.07. The van der Waals surface area contributed by atoms with Crippen molar-refractivity contribution in [2.75, 3.05) is 12.8 Å². The second kappa shape index (κ2) is 6.70. The van der Waals surface area contributed by atoms with Crippen LogP contribution in [0.25, 0.3) is 0 Å². The van der Waals surface area contributed by atoms with Crippen molar-refractivity contribution < 1.29 is 0 Å². The van der Waals surface area contributed by atoms with Gasteiger partial charge in [0.1, 0.15) is 0 Å². The molecule has 0 bridgehead atoms. The third-order valence-corrected chi connectivity index (χ3v) is 3.52. The van der Waals surface area contributed by atoms with Gasteiger partial charge in [0.2, 0.25) is 0 Å². The average molecular weight is 235 g/mol. The summed E-state index contributed by atoms with van der Waals surface area (Å²) in [4.78, 5) is 2.35. The molecule has 0 amide bonds. The van der Waals surface area contributed by atoms with Gasteiger partial charge in [-0.25, -0.2) is 0 Å². The molecule has 88 valence electrons. The molecule has 0 saturated heterocycles. The Kier molecular flexibility index (Phi) is 5.55. The predicted molar refractivity (Wildman–Crippen MR) is 76.0 cm³/mol. The van der Waals surface area contributed by atoms with Gasteiger partial charge in [-0.15, -0.1) is 0 Å². The van der Waals surface area contributed by atoms with Gasteiger partial charge in [0.15, 0.2) is 0 Å². The van der Waals surface area contributed by atoms with Crippen molar-refractivity contribution >= 4 is 14.5 Å². The molecule has 1 rings (SSSR count). The molecule has 0 spiro atoms.